The summed E-state index contributed by atoms with van der Waals surface area (Å²) in [4.78, 5) is 4.49. The number of ether oxygens (including phenoxy) is 1. The first-order valence-electron chi connectivity index (χ1n) is 7.43. The van der Waals surface area contributed by atoms with E-state index in [9.17, 15) is 0 Å². The molecule has 2 unspecified atom stereocenters. The van der Waals surface area contributed by atoms with Gasteiger partial charge in [-0.05, 0) is 39.0 Å². The van der Waals surface area contributed by atoms with Crippen molar-refractivity contribution >= 4 is 0 Å². The van der Waals surface area contributed by atoms with Crippen LogP contribution in [0.25, 0.3) is 0 Å². The van der Waals surface area contributed by atoms with Crippen molar-refractivity contribution in [1.82, 2.24) is 10.1 Å². The summed E-state index contributed by atoms with van der Waals surface area (Å²) in [6.45, 7) is 2.13. The summed E-state index contributed by atoms with van der Waals surface area (Å²) < 4.78 is 11.1. The molecule has 1 aliphatic carbocycles. The van der Waals surface area contributed by atoms with Crippen LogP contribution in [0.1, 0.15) is 63.6 Å². The average Bonchev–Trinajstić information content (AvgIpc) is 3.08. The Morgan fingerprint density at radius 1 is 1.32 bits per heavy atom. The van der Waals surface area contributed by atoms with Crippen molar-refractivity contribution in [3.05, 3.63) is 11.7 Å². The minimum absolute atomic E-state index is 0.347. The fourth-order valence-corrected chi connectivity index (χ4v) is 3.17. The van der Waals surface area contributed by atoms with Crippen LogP contribution in [0.15, 0.2) is 4.52 Å². The Labute approximate surface area is 113 Å². The molecule has 0 aromatic carbocycles. The van der Waals surface area contributed by atoms with Gasteiger partial charge in [0.1, 0.15) is 0 Å². The number of aromatic nitrogens is 2. The number of aryl methyl sites for hydroxylation is 1. The highest BCUT2D eigenvalue weighted by molar-refractivity contribution is 5.06. The lowest BCUT2D eigenvalue weighted by Crippen LogP contribution is -2.34. The molecule has 106 valence electrons. The van der Waals surface area contributed by atoms with Crippen molar-refractivity contribution in [2.75, 3.05) is 0 Å². The largest absolute Gasteiger partial charge is 0.375 e. The van der Waals surface area contributed by atoms with Gasteiger partial charge in [-0.15, -0.1) is 0 Å². The van der Waals surface area contributed by atoms with E-state index in [2.05, 4.69) is 17.1 Å². The van der Waals surface area contributed by atoms with Crippen LogP contribution in [-0.4, -0.2) is 22.3 Å². The van der Waals surface area contributed by atoms with E-state index >= 15 is 0 Å². The quantitative estimate of drug-likeness (QED) is 0.904. The fraction of sp³-hybridized carbons (Fsp3) is 0.857. The maximum Gasteiger partial charge on any atom is 0.226 e. The van der Waals surface area contributed by atoms with Gasteiger partial charge in [0.25, 0.3) is 0 Å². The lowest BCUT2D eigenvalue weighted by molar-refractivity contribution is 0.0500. The highest BCUT2D eigenvalue weighted by Gasteiger charge is 2.36. The molecule has 0 spiro atoms. The summed E-state index contributed by atoms with van der Waals surface area (Å²) in [6.07, 6.45) is 9.06. The second kappa shape index (κ2) is 5.21. The van der Waals surface area contributed by atoms with Gasteiger partial charge in [0.15, 0.2) is 5.82 Å². The molecule has 1 aliphatic heterocycles. The van der Waals surface area contributed by atoms with Crippen LogP contribution in [0, 0.1) is 0 Å². The second-order valence-corrected chi connectivity index (χ2v) is 6.06. The van der Waals surface area contributed by atoms with Crippen molar-refractivity contribution in [2.24, 2.45) is 5.73 Å². The van der Waals surface area contributed by atoms with Gasteiger partial charge in [0, 0.05) is 6.42 Å². The Hall–Kier alpha value is -0.940. The lowest BCUT2D eigenvalue weighted by atomic mass is 9.99. The first-order chi connectivity index (χ1) is 9.16. The maximum atomic E-state index is 6.32. The summed E-state index contributed by atoms with van der Waals surface area (Å²) in [5.41, 5.74) is 5.97. The lowest BCUT2D eigenvalue weighted by Gasteiger charge is -2.17. The molecule has 1 aromatic rings. The zero-order valence-electron chi connectivity index (χ0n) is 11.6. The van der Waals surface area contributed by atoms with E-state index in [1.54, 1.807) is 0 Å². The van der Waals surface area contributed by atoms with E-state index in [-0.39, 0.29) is 5.54 Å². The topological polar surface area (TPSA) is 74.2 Å². The van der Waals surface area contributed by atoms with Crippen LogP contribution in [0.3, 0.4) is 0 Å². The van der Waals surface area contributed by atoms with Crippen LogP contribution in [0.2, 0.25) is 0 Å². The van der Waals surface area contributed by atoms with Gasteiger partial charge >= 0.3 is 0 Å². The van der Waals surface area contributed by atoms with Crippen molar-refractivity contribution in [3.63, 3.8) is 0 Å². The van der Waals surface area contributed by atoms with Gasteiger partial charge in [-0.2, -0.15) is 4.98 Å². The highest BCUT2D eigenvalue weighted by Crippen LogP contribution is 2.34. The molecule has 19 heavy (non-hydrogen) atoms. The third-order valence-corrected chi connectivity index (χ3v) is 4.41. The van der Waals surface area contributed by atoms with Crippen LogP contribution in [0.4, 0.5) is 0 Å². The van der Waals surface area contributed by atoms with Crippen LogP contribution in [-0.2, 0) is 16.7 Å². The van der Waals surface area contributed by atoms with Gasteiger partial charge in [0.2, 0.25) is 5.89 Å². The van der Waals surface area contributed by atoms with E-state index in [0.717, 1.165) is 51.4 Å². The smallest absolute Gasteiger partial charge is 0.226 e. The minimum atomic E-state index is -0.347. The molecule has 2 aliphatic rings. The van der Waals surface area contributed by atoms with E-state index in [1.165, 1.54) is 0 Å². The third-order valence-electron chi connectivity index (χ3n) is 4.41. The Morgan fingerprint density at radius 2 is 2.11 bits per heavy atom. The molecule has 1 saturated heterocycles. The molecule has 2 atom stereocenters. The van der Waals surface area contributed by atoms with Crippen molar-refractivity contribution in [2.45, 2.75) is 76.0 Å². The zero-order chi connectivity index (χ0) is 13.3. The Bertz CT molecular complexity index is 426. The molecule has 2 N–H and O–H groups in total. The Balaban J connectivity index is 1.56. The monoisotopic (exact) mass is 265 g/mol. The zero-order valence-corrected chi connectivity index (χ0v) is 11.6. The summed E-state index contributed by atoms with van der Waals surface area (Å²) in [5, 5.41) is 4.08. The standard InChI is InChI=1S/C14H23N3O2/c1-10-4-5-11(18-10)6-7-12-16-13(17-19-12)14(15)8-2-3-9-14/h10-11H,2-9,15H2,1H3. The number of nitrogens with zero attached hydrogens (tertiary/aromatic N) is 2. The predicted molar refractivity (Wildman–Crippen MR) is 70.5 cm³/mol. The normalized spacial score (nSPS) is 30.0. The van der Waals surface area contributed by atoms with E-state index in [4.69, 9.17) is 15.0 Å². The average molecular weight is 265 g/mol. The third kappa shape index (κ3) is 2.82. The molecule has 5 nitrogen and oxygen atoms in total. The summed E-state index contributed by atoms with van der Waals surface area (Å²) in [6, 6.07) is 0. The second-order valence-electron chi connectivity index (χ2n) is 6.06. The molecule has 1 saturated carbocycles. The highest BCUT2D eigenvalue weighted by atomic mass is 16.5. The SMILES string of the molecule is CC1CCC(CCc2nc(C3(N)CCCC3)no2)O1. The fourth-order valence-electron chi connectivity index (χ4n) is 3.17. The van der Waals surface area contributed by atoms with Crippen LogP contribution in [0.5, 0.6) is 0 Å². The summed E-state index contributed by atoms with van der Waals surface area (Å²) >= 11 is 0. The Kier molecular flexibility index (Phi) is 3.58. The molecular formula is C14H23N3O2. The van der Waals surface area contributed by atoms with Crippen molar-refractivity contribution in [3.8, 4) is 0 Å². The van der Waals surface area contributed by atoms with Gasteiger partial charge in [-0.1, -0.05) is 18.0 Å². The molecule has 0 radical (unpaired) electrons. The first kappa shape index (κ1) is 13.1. The Morgan fingerprint density at radius 3 is 2.79 bits per heavy atom. The van der Waals surface area contributed by atoms with Gasteiger partial charge < -0.3 is 15.0 Å². The summed E-state index contributed by atoms with van der Waals surface area (Å²) in [5.74, 6) is 1.40. The van der Waals surface area contributed by atoms with Crippen LogP contribution < -0.4 is 5.73 Å². The van der Waals surface area contributed by atoms with Crippen molar-refractivity contribution in [1.29, 1.82) is 0 Å². The van der Waals surface area contributed by atoms with Crippen LogP contribution >= 0.6 is 0 Å². The molecule has 5 heteroatoms. The molecule has 1 aromatic heterocycles. The van der Waals surface area contributed by atoms with Crippen molar-refractivity contribution < 1.29 is 9.26 Å². The minimum Gasteiger partial charge on any atom is -0.375 e. The first-order valence-corrected chi connectivity index (χ1v) is 7.43. The van der Waals surface area contributed by atoms with E-state index < -0.39 is 0 Å². The molecule has 3 rings (SSSR count). The molecule has 0 bridgehead atoms. The van der Waals surface area contributed by atoms with E-state index in [1.807, 2.05) is 0 Å². The maximum absolute atomic E-state index is 6.32. The van der Waals surface area contributed by atoms with Gasteiger partial charge in [-0.3, -0.25) is 0 Å². The van der Waals surface area contributed by atoms with E-state index in [0.29, 0.717) is 23.9 Å². The number of hydrogen-bond acceptors (Lipinski definition) is 5. The van der Waals surface area contributed by atoms with Gasteiger partial charge in [-0.25, -0.2) is 0 Å². The number of rotatable bonds is 4. The molecule has 0 amide bonds. The molecule has 2 heterocycles. The van der Waals surface area contributed by atoms with Gasteiger partial charge in [0.05, 0.1) is 17.7 Å². The predicted octanol–water partition coefficient (Wildman–Crippen LogP) is 2.30. The summed E-state index contributed by atoms with van der Waals surface area (Å²) in [7, 11) is 0. The number of nitrogens with two attached hydrogens (primary N) is 1. The molecular weight excluding hydrogens is 242 g/mol. The molecule has 2 fully saturated rings. The number of hydrogen-bond donors (Lipinski definition) is 1.